The summed E-state index contributed by atoms with van der Waals surface area (Å²) in [6, 6.07) is 0. The van der Waals surface area contributed by atoms with Gasteiger partial charge in [-0.1, -0.05) is 62.3 Å². The zero-order valence-electron chi connectivity index (χ0n) is 21.8. The van der Waals surface area contributed by atoms with Crippen molar-refractivity contribution in [3.8, 4) is 0 Å². The summed E-state index contributed by atoms with van der Waals surface area (Å²) in [5.41, 5.74) is 0. The normalized spacial score (nSPS) is 49.6. The Balaban J connectivity index is 1.70. The number of hydrogen-bond donors (Lipinski definition) is 0. The molecule has 0 spiro atoms. The first-order chi connectivity index (χ1) is 15.2. The number of rotatable bonds is 7. The minimum Gasteiger partial charge on any atom is -0.496 e. The lowest BCUT2D eigenvalue weighted by molar-refractivity contribution is -0.333. The summed E-state index contributed by atoms with van der Waals surface area (Å²) >= 11 is 0. The Morgan fingerprint density at radius 1 is 0.594 bits per heavy atom. The first-order valence-corrected chi connectivity index (χ1v) is 13.2. The molecule has 0 aromatic carbocycles. The zero-order chi connectivity index (χ0) is 23.6. The lowest BCUT2D eigenvalue weighted by Gasteiger charge is -2.49. The van der Waals surface area contributed by atoms with Gasteiger partial charge in [0.1, 0.15) is 12.2 Å². The van der Waals surface area contributed by atoms with E-state index in [0.717, 1.165) is 19.3 Å². The van der Waals surface area contributed by atoms with E-state index >= 15 is 0 Å². The number of ether oxygens (including phenoxy) is 5. The third-order valence-corrected chi connectivity index (χ3v) is 8.75. The third kappa shape index (κ3) is 5.21. The minimum atomic E-state index is -0.251. The van der Waals surface area contributed by atoms with Gasteiger partial charge in [-0.2, -0.15) is 0 Å². The second-order valence-corrected chi connectivity index (χ2v) is 10.7. The van der Waals surface area contributed by atoms with Gasteiger partial charge in [0.2, 0.25) is 0 Å². The van der Waals surface area contributed by atoms with Crippen LogP contribution < -0.4 is 0 Å². The topological polar surface area (TPSA) is 46.2 Å². The Labute approximate surface area is 196 Å². The van der Waals surface area contributed by atoms with Crippen LogP contribution in [0.15, 0.2) is 12.3 Å². The van der Waals surface area contributed by atoms with Gasteiger partial charge in [0.15, 0.2) is 12.6 Å². The highest BCUT2D eigenvalue weighted by atomic mass is 16.7. The second kappa shape index (κ2) is 11.2. The summed E-state index contributed by atoms with van der Waals surface area (Å²) in [5, 5.41) is 0. The van der Waals surface area contributed by atoms with Crippen molar-refractivity contribution < 1.29 is 23.7 Å². The molecule has 2 fully saturated rings. The first-order valence-electron chi connectivity index (χ1n) is 13.2. The van der Waals surface area contributed by atoms with E-state index in [-0.39, 0.29) is 49.0 Å². The van der Waals surface area contributed by atoms with Gasteiger partial charge in [0.25, 0.3) is 0 Å². The predicted molar refractivity (Wildman–Crippen MR) is 127 cm³/mol. The molecule has 0 radical (unpaired) electrons. The van der Waals surface area contributed by atoms with Crippen LogP contribution in [0.25, 0.3) is 0 Å². The average molecular weight is 453 g/mol. The van der Waals surface area contributed by atoms with E-state index in [1.165, 1.54) is 0 Å². The lowest BCUT2D eigenvalue weighted by atomic mass is 9.78. The third-order valence-electron chi connectivity index (χ3n) is 8.75. The van der Waals surface area contributed by atoms with Crippen molar-refractivity contribution >= 4 is 0 Å². The van der Waals surface area contributed by atoms with Crippen LogP contribution in [0.1, 0.15) is 81.6 Å². The van der Waals surface area contributed by atoms with Crippen molar-refractivity contribution in [3.63, 3.8) is 0 Å². The van der Waals surface area contributed by atoms with Gasteiger partial charge >= 0.3 is 0 Å². The zero-order valence-corrected chi connectivity index (χ0v) is 21.8. The molecule has 13 unspecified atom stereocenters. The highest BCUT2D eigenvalue weighted by Gasteiger charge is 2.47. The molecule has 5 heteroatoms. The van der Waals surface area contributed by atoms with Gasteiger partial charge < -0.3 is 23.7 Å². The SMILES string of the molecule is CCC1OC(OC2C(CC)OC(OC3C(C)C=COC3CC)C(C)C2C)C(C)C(C)C1C. The maximum absolute atomic E-state index is 6.74. The molecule has 0 aromatic heterocycles. The Bertz CT molecular complexity index is 605. The van der Waals surface area contributed by atoms with Crippen LogP contribution in [0.5, 0.6) is 0 Å². The Kier molecular flexibility index (Phi) is 9.10. The van der Waals surface area contributed by atoms with Crippen molar-refractivity contribution in [1.82, 2.24) is 0 Å². The molecular weight excluding hydrogens is 404 g/mol. The molecule has 3 heterocycles. The maximum atomic E-state index is 6.74. The van der Waals surface area contributed by atoms with Crippen LogP contribution in [0, 0.1) is 35.5 Å². The van der Waals surface area contributed by atoms with Crippen LogP contribution in [0.2, 0.25) is 0 Å². The lowest BCUT2D eigenvalue weighted by Crippen LogP contribution is -2.56. The quantitative estimate of drug-likeness (QED) is 0.462. The summed E-state index contributed by atoms with van der Waals surface area (Å²) in [6.07, 6.45) is 6.64. The monoisotopic (exact) mass is 452 g/mol. The van der Waals surface area contributed by atoms with E-state index < -0.39 is 0 Å². The Hall–Kier alpha value is -0.620. The predicted octanol–water partition coefficient (Wildman–Crippen LogP) is 6.17. The molecule has 186 valence electrons. The van der Waals surface area contributed by atoms with Crippen molar-refractivity contribution in [1.29, 1.82) is 0 Å². The van der Waals surface area contributed by atoms with E-state index in [4.69, 9.17) is 23.7 Å². The molecule has 0 amide bonds. The number of hydrogen-bond acceptors (Lipinski definition) is 5. The minimum absolute atomic E-state index is 0.00214. The van der Waals surface area contributed by atoms with Gasteiger partial charge in [-0.05, 0) is 43.1 Å². The van der Waals surface area contributed by atoms with Gasteiger partial charge in [0, 0.05) is 17.8 Å². The van der Waals surface area contributed by atoms with Crippen molar-refractivity contribution in [2.75, 3.05) is 0 Å². The molecule has 3 aliphatic heterocycles. The van der Waals surface area contributed by atoms with Crippen molar-refractivity contribution in [2.24, 2.45) is 35.5 Å². The average Bonchev–Trinajstić information content (AvgIpc) is 2.79. The van der Waals surface area contributed by atoms with E-state index in [1.54, 1.807) is 0 Å². The second-order valence-electron chi connectivity index (χ2n) is 10.7. The maximum Gasteiger partial charge on any atom is 0.161 e. The molecule has 0 bridgehead atoms. The molecule has 0 saturated carbocycles. The largest absolute Gasteiger partial charge is 0.496 e. The fourth-order valence-electron chi connectivity index (χ4n) is 5.71. The van der Waals surface area contributed by atoms with Crippen molar-refractivity contribution in [3.05, 3.63) is 12.3 Å². The van der Waals surface area contributed by atoms with E-state index in [9.17, 15) is 0 Å². The van der Waals surface area contributed by atoms with Crippen LogP contribution in [0.3, 0.4) is 0 Å². The molecule has 0 aliphatic carbocycles. The van der Waals surface area contributed by atoms with Crippen LogP contribution in [-0.4, -0.2) is 43.1 Å². The van der Waals surface area contributed by atoms with Crippen molar-refractivity contribution in [2.45, 2.75) is 125 Å². The molecule has 0 aromatic rings. The van der Waals surface area contributed by atoms with Crippen LogP contribution in [0.4, 0.5) is 0 Å². The van der Waals surface area contributed by atoms with Crippen LogP contribution >= 0.6 is 0 Å². The van der Waals surface area contributed by atoms with Gasteiger partial charge in [-0.15, -0.1) is 0 Å². The highest BCUT2D eigenvalue weighted by molar-refractivity contribution is 4.96. The molecule has 32 heavy (non-hydrogen) atoms. The fraction of sp³-hybridized carbons (Fsp3) is 0.926. The van der Waals surface area contributed by atoms with Crippen LogP contribution in [-0.2, 0) is 23.7 Å². The van der Waals surface area contributed by atoms with Gasteiger partial charge in [-0.25, -0.2) is 0 Å². The molecule has 13 atom stereocenters. The molecular formula is C27H48O5. The summed E-state index contributed by atoms with van der Waals surface area (Å²) < 4.78 is 32.2. The van der Waals surface area contributed by atoms with E-state index in [2.05, 4.69) is 68.4 Å². The Morgan fingerprint density at radius 2 is 1.12 bits per heavy atom. The summed E-state index contributed by atoms with van der Waals surface area (Å²) in [6.45, 7) is 20.2. The standard InChI is InChI=1S/C27H48O5/c1-10-21-17(6)16(5)19(8)26(29-21)32-25-18(7)20(9)27(30-23(25)12-3)31-24-15(4)13-14-28-22(24)11-2/h13-27H,10-12H2,1-9H3. The summed E-state index contributed by atoms with van der Waals surface area (Å²) in [4.78, 5) is 0. The molecule has 0 N–H and O–H groups in total. The first kappa shape index (κ1) is 26.0. The summed E-state index contributed by atoms with van der Waals surface area (Å²) in [7, 11) is 0. The fourth-order valence-corrected chi connectivity index (χ4v) is 5.71. The van der Waals surface area contributed by atoms with E-state index in [0.29, 0.717) is 29.6 Å². The van der Waals surface area contributed by atoms with Gasteiger partial charge in [0.05, 0.1) is 24.6 Å². The molecule has 2 saturated heterocycles. The summed E-state index contributed by atoms with van der Waals surface area (Å²) in [5.74, 6) is 2.31. The molecule has 3 aliphatic rings. The highest BCUT2D eigenvalue weighted by Crippen LogP contribution is 2.41. The van der Waals surface area contributed by atoms with E-state index in [1.807, 2.05) is 6.26 Å². The molecule has 3 rings (SSSR count). The van der Waals surface area contributed by atoms with Gasteiger partial charge in [-0.3, -0.25) is 0 Å². The molecule has 5 nitrogen and oxygen atoms in total. The Morgan fingerprint density at radius 3 is 1.72 bits per heavy atom. The smallest absolute Gasteiger partial charge is 0.161 e.